The molecule has 0 aliphatic carbocycles. The second kappa shape index (κ2) is 6.92. The van der Waals surface area contributed by atoms with Crippen molar-refractivity contribution in [2.45, 2.75) is 12.8 Å². The normalized spacial score (nSPS) is 14.3. The van der Waals surface area contributed by atoms with E-state index in [9.17, 15) is 14.4 Å². The largest absolute Gasteiger partial charge is 0.454 e. The summed E-state index contributed by atoms with van der Waals surface area (Å²) in [6, 6.07) is 7.85. The summed E-state index contributed by atoms with van der Waals surface area (Å²) in [4.78, 5) is 36.0. The third-order valence-electron chi connectivity index (χ3n) is 4.32. The number of amides is 1. The van der Waals surface area contributed by atoms with Gasteiger partial charge in [-0.15, -0.1) is 0 Å². The number of esters is 1. The van der Waals surface area contributed by atoms with Crippen LogP contribution < -0.4 is 14.8 Å². The first kappa shape index (κ1) is 17.4. The molecule has 0 radical (unpaired) electrons. The monoisotopic (exact) mass is 387 g/mol. The average molecular weight is 388 g/mol. The van der Waals surface area contributed by atoms with Crippen LogP contribution in [0.15, 0.2) is 30.3 Å². The lowest BCUT2D eigenvalue weighted by molar-refractivity contribution is -0.116. The minimum atomic E-state index is -0.686. The summed E-state index contributed by atoms with van der Waals surface area (Å²) in [5, 5.41) is 2.99. The summed E-state index contributed by atoms with van der Waals surface area (Å²) < 4.78 is 15.5. The van der Waals surface area contributed by atoms with E-state index >= 15 is 0 Å². The van der Waals surface area contributed by atoms with Gasteiger partial charge in [0.25, 0.3) is 0 Å². The molecule has 138 valence electrons. The highest BCUT2D eigenvalue weighted by atomic mass is 35.5. The standard InChI is InChI=1S/C19H14ClNO6/c20-13-6-12(7-16-18(13)27-9-26-16)19(24)25-8-15(22)11-1-3-14-10(5-11)2-4-17(23)21-14/h1,3,5-7H,2,4,8-9H2,(H,21,23). The first-order valence-corrected chi connectivity index (χ1v) is 8.61. The Hall–Kier alpha value is -3.06. The zero-order valence-corrected chi connectivity index (χ0v) is 14.8. The van der Waals surface area contributed by atoms with Crippen LogP contribution in [-0.4, -0.2) is 31.1 Å². The maximum absolute atomic E-state index is 12.3. The highest BCUT2D eigenvalue weighted by molar-refractivity contribution is 6.32. The summed E-state index contributed by atoms with van der Waals surface area (Å²) in [7, 11) is 0. The number of rotatable bonds is 4. The van der Waals surface area contributed by atoms with E-state index in [0.29, 0.717) is 35.6 Å². The molecule has 2 aromatic carbocycles. The summed E-state index contributed by atoms with van der Waals surface area (Å²) in [6.07, 6.45) is 0.947. The number of Topliss-reactive ketones (excluding diaryl/α,β-unsaturated/α-hetero) is 1. The first-order valence-electron chi connectivity index (χ1n) is 8.23. The summed E-state index contributed by atoms with van der Waals surface area (Å²) in [5.41, 5.74) is 2.18. The molecule has 2 heterocycles. The van der Waals surface area contributed by atoms with Gasteiger partial charge >= 0.3 is 5.97 Å². The smallest absolute Gasteiger partial charge is 0.338 e. The number of ether oxygens (including phenoxy) is 3. The van der Waals surface area contributed by atoms with Gasteiger partial charge in [0.1, 0.15) is 0 Å². The SMILES string of the molecule is O=C1CCc2cc(C(=O)COC(=O)c3cc(Cl)c4c(c3)OCO4)ccc2N1. The summed E-state index contributed by atoms with van der Waals surface area (Å²) in [5.74, 6) is -0.329. The molecule has 0 unspecified atom stereocenters. The molecule has 0 atom stereocenters. The van der Waals surface area contributed by atoms with Gasteiger partial charge in [0.05, 0.1) is 10.6 Å². The molecule has 0 bridgehead atoms. The molecule has 0 fully saturated rings. The van der Waals surface area contributed by atoms with Crippen LogP contribution in [0.2, 0.25) is 5.02 Å². The fourth-order valence-electron chi connectivity index (χ4n) is 2.94. The molecule has 1 amide bonds. The number of aryl methyl sites for hydroxylation is 1. The lowest BCUT2D eigenvalue weighted by Gasteiger charge is -2.17. The van der Waals surface area contributed by atoms with E-state index in [1.54, 1.807) is 18.2 Å². The van der Waals surface area contributed by atoms with Crippen molar-refractivity contribution in [1.82, 2.24) is 0 Å². The molecule has 1 N–H and O–H groups in total. The number of anilines is 1. The van der Waals surface area contributed by atoms with Crippen LogP contribution >= 0.6 is 11.6 Å². The maximum atomic E-state index is 12.3. The molecule has 8 heteroatoms. The molecular weight excluding hydrogens is 374 g/mol. The first-order chi connectivity index (χ1) is 13.0. The van der Waals surface area contributed by atoms with Crippen molar-refractivity contribution in [2.75, 3.05) is 18.7 Å². The Kier molecular flexibility index (Phi) is 4.45. The zero-order valence-electron chi connectivity index (χ0n) is 14.0. The van der Waals surface area contributed by atoms with Crippen LogP contribution in [0.3, 0.4) is 0 Å². The van der Waals surface area contributed by atoms with Crippen molar-refractivity contribution >= 4 is 34.9 Å². The van der Waals surface area contributed by atoms with Gasteiger partial charge in [-0.2, -0.15) is 0 Å². The zero-order chi connectivity index (χ0) is 19.0. The molecule has 0 spiro atoms. The van der Waals surface area contributed by atoms with Crippen LogP contribution in [-0.2, 0) is 16.0 Å². The predicted octanol–water partition coefficient (Wildman–Crippen LogP) is 2.99. The molecule has 4 rings (SSSR count). The maximum Gasteiger partial charge on any atom is 0.338 e. The summed E-state index contributed by atoms with van der Waals surface area (Å²) in [6.45, 7) is -0.374. The van der Waals surface area contributed by atoms with Crippen LogP contribution in [0.5, 0.6) is 11.5 Å². The van der Waals surface area contributed by atoms with Gasteiger partial charge in [0.2, 0.25) is 12.7 Å². The molecular formula is C19H14ClNO6. The third-order valence-corrected chi connectivity index (χ3v) is 4.60. The van der Waals surface area contributed by atoms with E-state index in [0.717, 1.165) is 5.56 Å². The Balaban J connectivity index is 1.43. The van der Waals surface area contributed by atoms with Crippen molar-refractivity contribution in [3.8, 4) is 11.5 Å². The average Bonchev–Trinajstić information content (AvgIpc) is 3.14. The Morgan fingerprint density at radius 1 is 1.11 bits per heavy atom. The summed E-state index contributed by atoms with van der Waals surface area (Å²) >= 11 is 6.05. The number of fused-ring (bicyclic) bond motifs is 2. The van der Waals surface area contributed by atoms with Gasteiger partial charge < -0.3 is 19.5 Å². The number of hydrogen-bond acceptors (Lipinski definition) is 6. The van der Waals surface area contributed by atoms with Crippen LogP contribution in [0, 0.1) is 0 Å². The Bertz CT molecular complexity index is 971. The molecule has 0 saturated carbocycles. The molecule has 2 aliphatic rings. The fraction of sp³-hybridized carbons (Fsp3) is 0.211. The van der Waals surface area contributed by atoms with Crippen molar-refractivity contribution in [3.05, 3.63) is 52.0 Å². The van der Waals surface area contributed by atoms with Gasteiger partial charge in [0.15, 0.2) is 23.9 Å². The van der Waals surface area contributed by atoms with Gasteiger partial charge in [-0.1, -0.05) is 11.6 Å². The van der Waals surface area contributed by atoms with Gasteiger partial charge in [-0.25, -0.2) is 4.79 Å². The van der Waals surface area contributed by atoms with E-state index in [1.807, 2.05) is 0 Å². The third kappa shape index (κ3) is 3.46. The number of halogens is 1. The molecule has 0 saturated heterocycles. The van der Waals surface area contributed by atoms with Crippen LogP contribution in [0.4, 0.5) is 5.69 Å². The highest BCUT2D eigenvalue weighted by Crippen LogP contribution is 2.39. The molecule has 2 aromatic rings. The second-order valence-electron chi connectivity index (χ2n) is 6.11. The number of carbonyl (C=O) groups is 3. The number of hydrogen-bond donors (Lipinski definition) is 1. The van der Waals surface area contributed by atoms with E-state index in [2.05, 4.69) is 5.32 Å². The van der Waals surface area contributed by atoms with Crippen molar-refractivity contribution < 1.29 is 28.6 Å². The minimum absolute atomic E-state index is 0.0326. The minimum Gasteiger partial charge on any atom is -0.454 e. The Morgan fingerprint density at radius 3 is 2.81 bits per heavy atom. The van der Waals surface area contributed by atoms with E-state index in [4.69, 9.17) is 25.8 Å². The van der Waals surface area contributed by atoms with Crippen LogP contribution in [0.1, 0.15) is 32.7 Å². The Morgan fingerprint density at radius 2 is 1.96 bits per heavy atom. The predicted molar refractivity (Wildman–Crippen MR) is 95.6 cm³/mol. The van der Waals surface area contributed by atoms with Crippen LogP contribution in [0.25, 0.3) is 0 Å². The lowest BCUT2D eigenvalue weighted by Crippen LogP contribution is -2.20. The number of benzene rings is 2. The van der Waals surface area contributed by atoms with E-state index in [-0.39, 0.29) is 29.1 Å². The van der Waals surface area contributed by atoms with Crippen molar-refractivity contribution in [1.29, 1.82) is 0 Å². The van der Waals surface area contributed by atoms with Gasteiger partial charge in [-0.3, -0.25) is 9.59 Å². The number of carbonyl (C=O) groups excluding carboxylic acids is 3. The highest BCUT2D eigenvalue weighted by Gasteiger charge is 2.22. The lowest BCUT2D eigenvalue weighted by atomic mass is 9.99. The van der Waals surface area contributed by atoms with E-state index < -0.39 is 12.6 Å². The molecule has 2 aliphatic heterocycles. The second-order valence-corrected chi connectivity index (χ2v) is 6.52. The molecule has 0 aromatic heterocycles. The topological polar surface area (TPSA) is 90.9 Å². The van der Waals surface area contributed by atoms with Crippen molar-refractivity contribution in [3.63, 3.8) is 0 Å². The number of ketones is 1. The van der Waals surface area contributed by atoms with Gasteiger partial charge in [0, 0.05) is 17.7 Å². The molecule has 7 nitrogen and oxygen atoms in total. The molecule has 27 heavy (non-hydrogen) atoms. The van der Waals surface area contributed by atoms with Gasteiger partial charge in [-0.05, 0) is 42.3 Å². The van der Waals surface area contributed by atoms with E-state index in [1.165, 1.54) is 12.1 Å². The fourth-order valence-corrected chi connectivity index (χ4v) is 3.21. The Labute approximate surface area is 159 Å². The quantitative estimate of drug-likeness (QED) is 0.640. The number of nitrogens with one attached hydrogen (secondary N) is 1. The van der Waals surface area contributed by atoms with Crippen molar-refractivity contribution in [2.24, 2.45) is 0 Å².